The summed E-state index contributed by atoms with van der Waals surface area (Å²) in [5, 5.41) is 9.23. The van der Waals surface area contributed by atoms with Crippen LogP contribution < -0.4 is 21.3 Å². The Hall–Kier alpha value is -2.12. The van der Waals surface area contributed by atoms with Gasteiger partial charge >= 0.3 is 12.1 Å². The van der Waals surface area contributed by atoms with Crippen molar-refractivity contribution in [1.82, 2.24) is 21.3 Å². The molecule has 0 aromatic carbocycles. The molecule has 1 saturated carbocycles. The minimum absolute atomic E-state index is 0.471. The molecule has 0 aromatic rings. The first kappa shape index (κ1) is 9.13. The van der Waals surface area contributed by atoms with Gasteiger partial charge in [-0.15, -0.1) is 0 Å². The number of urea groups is 2. The lowest BCUT2D eigenvalue weighted by Gasteiger charge is -2.53. The maximum absolute atomic E-state index is 11.5. The zero-order valence-corrected chi connectivity index (χ0v) is 7.94. The molecule has 3 aliphatic rings. The Labute approximate surface area is 89.1 Å². The van der Waals surface area contributed by atoms with Gasteiger partial charge in [-0.05, 0) is 0 Å². The van der Waals surface area contributed by atoms with Gasteiger partial charge in [0, 0.05) is 0 Å². The molecule has 4 atom stereocenters. The first-order valence-electron chi connectivity index (χ1n) is 4.80. The molecule has 0 spiro atoms. The summed E-state index contributed by atoms with van der Waals surface area (Å²) in [6.07, 6.45) is 0. The highest BCUT2D eigenvalue weighted by Gasteiger charge is 2.62. The Balaban J connectivity index is 1.89. The normalized spacial score (nSPS) is 40.5. The molecular formula is C8H8N4O4. The second kappa shape index (κ2) is 2.71. The van der Waals surface area contributed by atoms with E-state index in [1.54, 1.807) is 0 Å². The van der Waals surface area contributed by atoms with Gasteiger partial charge in [-0.3, -0.25) is 20.2 Å². The van der Waals surface area contributed by atoms with Crippen LogP contribution in [0.1, 0.15) is 0 Å². The molecule has 3 rings (SSSR count). The Bertz CT molecular complexity index is 394. The minimum atomic E-state index is -0.594. The summed E-state index contributed by atoms with van der Waals surface area (Å²) in [7, 11) is 0. The van der Waals surface area contributed by atoms with Crippen molar-refractivity contribution in [2.45, 2.75) is 12.1 Å². The molecule has 1 aliphatic carbocycles. The van der Waals surface area contributed by atoms with Gasteiger partial charge in [-0.2, -0.15) is 0 Å². The van der Waals surface area contributed by atoms with Crippen LogP contribution in [0.25, 0.3) is 0 Å². The molecule has 3 fully saturated rings. The zero-order valence-electron chi connectivity index (χ0n) is 7.94. The number of amides is 6. The molecule has 84 valence electrons. The number of nitrogens with one attached hydrogen (secondary N) is 4. The lowest BCUT2D eigenvalue weighted by atomic mass is 9.62. The molecule has 16 heavy (non-hydrogen) atoms. The Morgan fingerprint density at radius 2 is 1.06 bits per heavy atom. The molecule has 0 radical (unpaired) electrons. The summed E-state index contributed by atoms with van der Waals surface area (Å²) in [5.74, 6) is -2.13. The largest absolute Gasteiger partial charge is 0.332 e. The van der Waals surface area contributed by atoms with E-state index in [0.717, 1.165) is 0 Å². The van der Waals surface area contributed by atoms with Gasteiger partial charge in [-0.1, -0.05) is 0 Å². The van der Waals surface area contributed by atoms with E-state index in [-0.39, 0.29) is 0 Å². The molecule has 6 amide bonds. The third-order valence-corrected chi connectivity index (χ3v) is 3.22. The summed E-state index contributed by atoms with van der Waals surface area (Å²) < 4.78 is 0. The van der Waals surface area contributed by atoms with Crippen LogP contribution in [0.4, 0.5) is 9.59 Å². The second-order valence-electron chi connectivity index (χ2n) is 4.03. The first-order valence-corrected chi connectivity index (χ1v) is 4.80. The van der Waals surface area contributed by atoms with Crippen LogP contribution in [0.2, 0.25) is 0 Å². The highest BCUT2D eigenvalue weighted by atomic mass is 16.2. The van der Waals surface area contributed by atoms with Crippen LogP contribution in [-0.2, 0) is 9.59 Å². The lowest BCUT2D eigenvalue weighted by molar-refractivity contribution is -0.147. The summed E-state index contributed by atoms with van der Waals surface area (Å²) in [6.45, 7) is 0. The maximum Gasteiger partial charge on any atom is 0.321 e. The van der Waals surface area contributed by atoms with Gasteiger partial charge in [0.1, 0.15) is 0 Å². The van der Waals surface area contributed by atoms with Crippen LogP contribution in [-0.4, -0.2) is 36.0 Å². The molecule has 2 heterocycles. The molecule has 2 aliphatic heterocycles. The molecule has 0 aromatic heterocycles. The fraction of sp³-hybridized carbons (Fsp3) is 0.500. The van der Waals surface area contributed by atoms with E-state index in [1.807, 2.05) is 0 Å². The Morgan fingerprint density at radius 1 is 0.688 bits per heavy atom. The summed E-state index contributed by atoms with van der Waals surface area (Å²) in [5.41, 5.74) is 0. The first-order chi connectivity index (χ1) is 7.58. The van der Waals surface area contributed by atoms with Crippen molar-refractivity contribution in [2.24, 2.45) is 11.8 Å². The third-order valence-electron chi connectivity index (χ3n) is 3.22. The number of fused-ring (bicyclic) bond motifs is 4. The fourth-order valence-corrected chi connectivity index (χ4v) is 2.52. The molecular weight excluding hydrogens is 216 g/mol. The number of carbonyl (C=O) groups is 4. The van der Waals surface area contributed by atoms with Crippen molar-refractivity contribution in [3.05, 3.63) is 0 Å². The maximum atomic E-state index is 11.5. The standard InChI is InChI=1S/C8H8N4O4/c13-5-1-2-4(3(1)9-7(15)11-5)10-8(16)12-6(2)14/h1-4H,(H2,9,11,13,15)(H2,10,12,14,16)/t1-,2+,3?,4?. The van der Waals surface area contributed by atoms with Gasteiger partial charge in [0.25, 0.3) is 0 Å². The van der Waals surface area contributed by atoms with Crippen molar-refractivity contribution in [3.63, 3.8) is 0 Å². The zero-order chi connectivity index (χ0) is 11.4. The number of imide groups is 2. The van der Waals surface area contributed by atoms with Crippen molar-refractivity contribution in [2.75, 3.05) is 0 Å². The van der Waals surface area contributed by atoms with Gasteiger partial charge < -0.3 is 10.6 Å². The molecule has 8 nitrogen and oxygen atoms in total. The second-order valence-corrected chi connectivity index (χ2v) is 4.03. The average Bonchev–Trinajstić information content (AvgIpc) is 2.16. The van der Waals surface area contributed by atoms with E-state index in [9.17, 15) is 19.2 Å². The van der Waals surface area contributed by atoms with Crippen LogP contribution in [0.15, 0.2) is 0 Å². The molecule has 2 unspecified atom stereocenters. The van der Waals surface area contributed by atoms with E-state index < -0.39 is 47.8 Å². The third kappa shape index (κ3) is 0.980. The smallest absolute Gasteiger partial charge is 0.321 e. The van der Waals surface area contributed by atoms with Gasteiger partial charge in [0.2, 0.25) is 11.8 Å². The number of carbonyl (C=O) groups excluding carboxylic acids is 4. The predicted octanol–water partition coefficient (Wildman–Crippen LogP) is -2.35. The predicted molar refractivity (Wildman–Crippen MR) is 47.9 cm³/mol. The van der Waals surface area contributed by atoms with Crippen LogP contribution in [0.3, 0.4) is 0 Å². The van der Waals surface area contributed by atoms with Gasteiger partial charge in [-0.25, -0.2) is 9.59 Å². The van der Waals surface area contributed by atoms with Crippen LogP contribution in [0, 0.1) is 11.8 Å². The highest BCUT2D eigenvalue weighted by molar-refractivity contribution is 6.07. The topological polar surface area (TPSA) is 116 Å². The molecule has 8 heteroatoms. The van der Waals surface area contributed by atoms with Gasteiger partial charge in [0.15, 0.2) is 0 Å². The highest BCUT2D eigenvalue weighted by Crippen LogP contribution is 2.38. The average molecular weight is 224 g/mol. The van der Waals surface area contributed by atoms with E-state index >= 15 is 0 Å². The van der Waals surface area contributed by atoms with Gasteiger partial charge in [0.05, 0.1) is 23.9 Å². The Kier molecular flexibility index (Phi) is 1.55. The van der Waals surface area contributed by atoms with Crippen molar-refractivity contribution < 1.29 is 19.2 Å². The van der Waals surface area contributed by atoms with Crippen molar-refractivity contribution >= 4 is 23.9 Å². The number of hydrogen-bond acceptors (Lipinski definition) is 4. The monoisotopic (exact) mass is 224 g/mol. The van der Waals surface area contributed by atoms with Crippen molar-refractivity contribution in [3.8, 4) is 0 Å². The van der Waals surface area contributed by atoms with E-state index in [4.69, 9.17) is 0 Å². The lowest BCUT2D eigenvalue weighted by Crippen LogP contribution is -2.81. The van der Waals surface area contributed by atoms with E-state index in [1.165, 1.54) is 0 Å². The van der Waals surface area contributed by atoms with E-state index in [2.05, 4.69) is 21.3 Å². The summed E-state index contributed by atoms with van der Waals surface area (Å²) >= 11 is 0. The van der Waals surface area contributed by atoms with Crippen LogP contribution >= 0.6 is 0 Å². The SMILES string of the molecule is O=C1NC(=O)[C@@H]2C(N1)C1NC(=O)NC(=O)[C@@H]12. The fourth-order valence-electron chi connectivity index (χ4n) is 2.52. The molecule has 4 N–H and O–H groups in total. The van der Waals surface area contributed by atoms with Crippen LogP contribution in [0.5, 0.6) is 0 Å². The van der Waals surface area contributed by atoms with E-state index in [0.29, 0.717) is 0 Å². The number of hydrogen-bond donors (Lipinski definition) is 4. The minimum Gasteiger partial charge on any atom is -0.332 e. The number of rotatable bonds is 0. The molecule has 2 saturated heterocycles. The summed E-state index contributed by atoms with van der Waals surface area (Å²) in [4.78, 5) is 45.1. The van der Waals surface area contributed by atoms with Crippen molar-refractivity contribution in [1.29, 1.82) is 0 Å². The Morgan fingerprint density at radius 3 is 1.44 bits per heavy atom. The molecule has 0 bridgehead atoms. The summed E-state index contributed by atoms with van der Waals surface area (Å²) in [6, 6.07) is -2.16. The quantitative estimate of drug-likeness (QED) is 0.368.